The van der Waals surface area contributed by atoms with Crippen molar-refractivity contribution in [3.05, 3.63) is 118 Å². The predicted octanol–water partition coefficient (Wildman–Crippen LogP) is 4.95. The summed E-state index contributed by atoms with van der Waals surface area (Å²) < 4.78 is 16.5. The van der Waals surface area contributed by atoms with Gasteiger partial charge in [-0.15, -0.1) is 0 Å². The second-order valence-electron chi connectivity index (χ2n) is 21.1. The lowest BCUT2D eigenvalue weighted by Crippen LogP contribution is -2.69. The maximum atomic E-state index is 14.1. The van der Waals surface area contributed by atoms with Gasteiger partial charge in [0.05, 0.1) is 17.5 Å². The number of rotatable bonds is 15. The number of aromatic hydroxyl groups is 2. The van der Waals surface area contributed by atoms with Gasteiger partial charge in [0.1, 0.15) is 59.6 Å². The number of H-pyrrole nitrogens is 1. The lowest BCUT2D eigenvalue weighted by atomic mass is 9.56. The van der Waals surface area contributed by atoms with E-state index in [2.05, 4.69) is 51.4 Å². The number of hydrogen-bond donors (Lipinski definition) is 10. The quantitative estimate of drug-likeness (QED) is 0.0371. The number of amides is 1. The number of nitrogens with zero attached hydrogens (tertiary/aromatic N) is 1. The minimum absolute atomic E-state index is 0.0465. The van der Waals surface area contributed by atoms with E-state index in [1.807, 2.05) is 18.5 Å². The van der Waals surface area contributed by atoms with Crippen molar-refractivity contribution >= 4 is 38.6 Å². The number of aromatic amines is 1. The van der Waals surface area contributed by atoms with Crippen molar-refractivity contribution in [1.29, 1.82) is 0 Å². The van der Waals surface area contributed by atoms with E-state index in [0.29, 0.717) is 69.5 Å². The summed E-state index contributed by atoms with van der Waals surface area (Å²) in [5.41, 5.74) is -0.311. The van der Waals surface area contributed by atoms with Gasteiger partial charge < -0.3 is 65.1 Å². The van der Waals surface area contributed by atoms with Crippen molar-refractivity contribution in [2.75, 3.05) is 19.8 Å². The van der Waals surface area contributed by atoms with Gasteiger partial charge in [-0.3, -0.25) is 9.59 Å². The van der Waals surface area contributed by atoms with E-state index in [9.17, 15) is 45.3 Å². The molecule has 10 N–H and O–H groups in total. The van der Waals surface area contributed by atoms with Crippen molar-refractivity contribution in [1.82, 2.24) is 20.2 Å². The van der Waals surface area contributed by atoms with E-state index in [-0.39, 0.29) is 53.2 Å². The topological polar surface area (TPSA) is 261 Å². The van der Waals surface area contributed by atoms with E-state index in [0.717, 1.165) is 42.3 Å². The Morgan fingerprint density at radius 1 is 0.932 bits per heavy atom. The fourth-order valence-electron chi connectivity index (χ4n) is 12.9. The highest BCUT2D eigenvalue weighted by atomic mass is 17.2. The average Bonchev–Trinajstić information content (AvgIpc) is 4.12. The molecule has 6 aromatic rings. The molecule has 3 aromatic carbocycles. The van der Waals surface area contributed by atoms with E-state index in [1.54, 1.807) is 13.0 Å². The van der Waals surface area contributed by atoms with Gasteiger partial charge in [-0.05, 0) is 85.4 Å². The Kier molecular flexibility index (Phi) is 13.0. The second kappa shape index (κ2) is 19.4. The molecule has 2 bridgehead atoms. The molecule has 73 heavy (non-hydrogen) atoms. The molecule has 2 aliphatic heterocycles. The third-order valence-electron chi connectivity index (χ3n) is 16.6. The minimum atomic E-state index is -2.45. The molecule has 17 nitrogen and oxygen atoms in total. The maximum Gasteiger partial charge on any atom is 0.220 e. The van der Waals surface area contributed by atoms with Crippen molar-refractivity contribution in [2.45, 2.75) is 119 Å². The smallest absolute Gasteiger partial charge is 0.220 e. The molecule has 2 fully saturated rings. The molecular formula is C56H64N4O13. The number of aromatic nitrogens is 2. The van der Waals surface area contributed by atoms with Crippen LogP contribution < -0.4 is 20.8 Å². The van der Waals surface area contributed by atoms with E-state index in [1.165, 1.54) is 42.8 Å². The molecule has 1 saturated carbocycles. The first-order chi connectivity index (χ1) is 35.2. The number of aliphatic hydroxyl groups excluding tert-OH is 4. The standard InChI is InChI=1S/C56H64N4O13/c1-3-44-37-17-18-57-43(37)26-60(44)50-52-31(20-39-46(64)19-29(2)71-53(39)50)21-48(56(72-52)40-14-15-42(59-33-7-5-4-6-8-33)41(56)13-12-35(40)32-22-49(66)58-25-32)73-70-28-55(69,54(68)51(67)47(65)27-61)24-30-9-16-45(63)36-11-10-34(62)23-38(30)36/h9-20,23,26,32-33,35,40-42,47-48,51,54,57,59,61-63,65,67-69H,3-8,21-22,24-25,27-28H2,1-2H3,(H,58,66). The van der Waals surface area contributed by atoms with Crippen LogP contribution in [0.5, 0.6) is 17.2 Å². The number of allylic oxidation sites excluding steroid dienone is 1. The third kappa shape index (κ3) is 8.53. The Balaban J connectivity index is 1.07. The van der Waals surface area contributed by atoms with Crippen molar-refractivity contribution in [3.8, 4) is 22.9 Å². The lowest BCUT2D eigenvalue weighted by Gasteiger charge is -2.58. The average molecular weight is 1000 g/mol. The van der Waals surface area contributed by atoms with Crippen LogP contribution in [-0.2, 0) is 33.8 Å². The zero-order valence-corrected chi connectivity index (χ0v) is 40.9. The Hall–Kier alpha value is -6.02. The van der Waals surface area contributed by atoms with Crippen molar-refractivity contribution in [2.24, 2.45) is 23.7 Å². The molecule has 0 radical (unpaired) electrons. The number of benzene rings is 3. The molecule has 11 unspecified atom stereocenters. The molecule has 17 heteroatoms. The van der Waals surface area contributed by atoms with Crippen LogP contribution in [0.3, 0.4) is 0 Å². The molecule has 1 spiro atoms. The highest BCUT2D eigenvalue weighted by Gasteiger charge is 2.64. The first-order valence-corrected chi connectivity index (χ1v) is 25.7. The van der Waals surface area contributed by atoms with E-state index in [4.69, 9.17) is 18.9 Å². The van der Waals surface area contributed by atoms with Crippen LogP contribution in [0.25, 0.3) is 38.3 Å². The number of carbonyl (C=O) groups is 1. The molecule has 386 valence electrons. The Labute approximate surface area is 420 Å². The summed E-state index contributed by atoms with van der Waals surface area (Å²) in [6.07, 6.45) is 11.5. The van der Waals surface area contributed by atoms with Crippen LogP contribution in [0.2, 0.25) is 0 Å². The summed E-state index contributed by atoms with van der Waals surface area (Å²) in [4.78, 5) is 43.4. The Bertz CT molecular complexity index is 3190. The number of phenolic OH excluding ortho intramolecular Hbond substituents is 2. The Morgan fingerprint density at radius 3 is 2.51 bits per heavy atom. The van der Waals surface area contributed by atoms with Gasteiger partial charge >= 0.3 is 0 Å². The van der Waals surface area contributed by atoms with Crippen LogP contribution in [0.4, 0.5) is 0 Å². The summed E-state index contributed by atoms with van der Waals surface area (Å²) in [7, 11) is 0. The summed E-state index contributed by atoms with van der Waals surface area (Å²) in [6, 6.07) is 12.4. The first-order valence-electron chi connectivity index (χ1n) is 25.7. The molecule has 3 aromatic heterocycles. The van der Waals surface area contributed by atoms with Crippen LogP contribution in [0.1, 0.15) is 68.0 Å². The lowest BCUT2D eigenvalue weighted by molar-refractivity contribution is -0.380. The van der Waals surface area contributed by atoms with Gasteiger partial charge in [-0.1, -0.05) is 56.6 Å². The highest BCUT2D eigenvalue weighted by Crippen LogP contribution is 2.57. The van der Waals surface area contributed by atoms with Crippen molar-refractivity contribution in [3.63, 3.8) is 0 Å². The number of carbonyl (C=O) groups excluding carboxylic acids is 1. The zero-order valence-electron chi connectivity index (χ0n) is 40.9. The van der Waals surface area contributed by atoms with E-state index < -0.39 is 67.1 Å². The molecular weight excluding hydrogens is 937 g/mol. The summed E-state index contributed by atoms with van der Waals surface area (Å²) in [5.74, 6) is -0.568. The minimum Gasteiger partial charge on any atom is -0.508 e. The third-order valence-corrected chi connectivity index (χ3v) is 16.6. The van der Waals surface area contributed by atoms with Crippen molar-refractivity contribution < 1.29 is 59.5 Å². The molecule has 11 atom stereocenters. The number of aliphatic hydroxyl groups is 5. The molecule has 5 aliphatic rings. The van der Waals surface area contributed by atoms with Gasteiger partial charge in [0.2, 0.25) is 5.91 Å². The number of aryl methyl sites for hydroxylation is 2. The summed E-state index contributed by atoms with van der Waals surface area (Å²) in [5, 5.41) is 86.4. The summed E-state index contributed by atoms with van der Waals surface area (Å²) in [6.45, 7) is 2.53. The SMILES string of the molecule is CCc1c2cc[nH]c2cn1-c1c2c(cc3c(=O)cc(C)oc13)CC(OOCC(O)(Cc1ccc(O)c3ccc(O)cc13)C(O)C(O)C(O)CO)C1(O2)C2C=CC(C3CNC(=O)C3)C1C=CC2NC1CCCCC1. The number of fused-ring (bicyclic) bond motifs is 4. The Morgan fingerprint density at radius 2 is 1.74 bits per heavy atom. The number of hydrogen-bond acceptors (Lipinski definition) is 14. The number of ether oxygens (including phenoxy) is 1. The number of phenols is 2. The van der Waals surface area contributed by atoms with Gasteiger partial charge in [-0.25, -0.2) is 9.78 Å². The zero-order chi connectivity index (χ0) is 50.9. The van der Waals surface area contributed by atoms with Crippen LogP contribution in [0.15, 0.2) is 94.4 Å². The van der Waals surface area contributed by atoms with Crippen LogP contribution in [0, 0.1) is 30.6 Å². The van der Waals surface area contributed by atoms with Gasteiger partial charge in [0.25, 0.3) is 0 Å². The van der Waals surface area contributed by atoms with Gasteiger partial charge in [-0.2, -0.15) is 0 Å². The molecule has 11 rings (SSSR count). The molecule has 1 amide bonds. The molecule has 3 aliphatic carbocycles. The highest BCUT2D eigenvalue weighted by molar-refractivity contribution is 5.93. The van der Waals surface area contributed by atoms with E-state index >= 15 is 0 Å². The van der Waals surface area contributed by atoms with Crippen LogP contribution in [-0.4, -0.2) is 119 Å². The number of nitrogens with one attached hydrogen (secondary N) is 3. The first kappa shape index (κ1) is 49.2. The molecule has 5 heterocycles. The predicted molar refractivity (Wildman–Crippen MR) is 270 cm³/mol. The fraction of sp³-hybridized carbons (Fsp3) is 0.464. The van der Waals surface area contributed by atoms with Gasteiger partial charge in [0.15, 0.2) is 22.4 Å². The molecule has 1 saturated heterocycles. The largest absolute Gasteiger partial charge is 0.508 e. The normalized spacial score (nSPS) is 27.0. The second-order valence-corrected chi connectivity index (χ2v) is 21.1. The summed E-state index contributed by atoms with van der Waals surface area (Å²) >= 11 is 0. The van der Waals surface area contributed by atoms with Gasteiger partial charge in [0, 0.05) is 90.2 Å². The monoisotopic (exact) mass is 1000 g/mol. The fourth-order valence-corrected chi connectivity index (χ4v) is 12.9. The van der Waals surface area contributed by atoms with Crippen LogP contribution >= 0.6 is 0 Å². The maximum absolute atomic E-state index is 14.1.